The Labute approximate surface area is 95.4 Å². The van der Waals surface area contributed by atoms with Crippen LogP contribution in [0.2, 0.25) is 0 Å². The molecular formula is C12H17FN2O. The molecule has 0 aromatic heterocycles. The lowest BCUT2D eigenvalue weighted by atomic mass is 10.2. The Morgan fingerprint density at radius 1 is 1.19 bits per heavy atom. The van der Waals surface area contributed by atoms with Crippen LogP contribution in [0.5, 0.6) is 5.75 Å². The van der Waals surface area contributed by atoms with E-state index >= 15 is 0 Å². The molecule has 0 radical (unpaired) electrons. The van der Waals surface area contributed by atoms with E-state index in [9.17, 15) is 4.39 Å². The first kappa shape index (κ1) is 11.2. The Morgan fingerprint density at radius 3 is 2.50 bits per heavy atom. The zero-order chi connectivity index (χ0) is 11.5. The summed E-state index contributed by atoms with van der Waals surface area (Å²) in [5.41, 5.74) is 0.857. The van der Waals surface area contributed by atoms with Gasteiger partial charge in [0.05, 0.1) is 12.8 Å². The van der Waals surface area contributed by atoms with Gasteiger partial charge in [-0.2, -0.15) is 0 Å². The van der Waals surface area contributed by atoms with Crippen molar-refractivity contribution >= 4 is 5.69 Å². The van der Waals surface area contributed by atoms with Crippen molar-refractivity contribution in [1.82, 2.24) is 4.90 Å². The van der Waals surface area contributed by atoms with Crippen LogP contribution in [0.15, 0.2) is 18.2 Å². The monoisotopic (exact) mass is 224 g/mol. The van der Waals surface area contributed by atoms with Crippen LogP contribution in [0.3, 0.4) is 0 Å². The number of methoxy groups -OCH3 is 1. The fourth-order valence-corrected chi connectivity index (χ4v) is 1.96. The fraction of sp³-hybridized carbons (Fsp3) is 0.500. The molecule has 2 rings (SSSR count). The summed E-state index contributed by atoms with van der Waals surface area (Å²) in [6, 6.07) is 4.66. The molecule has 16 heavy (non-hydrogen) atoms. The molecule has 0 amide bonds. The van der Waals surface area contributed by atoms with E-state index in [4.69, 9.17) is 4.74 Å². The Hall–Kier alpha value is -1.29. The number of piperazine rings is 1. The number of ether oxygens (including phenoxy) is 1. The molecule has 0 unspecified atom stereocenters. The highest BCUT2D eigenvalue weighted by Gasteiger charge is 2.17. The zero-order valence-corrected chi connectivity index (χ0v) is 9.74. The molecule has 0 N–H and O–H groups in total. The van der Waals surface area contributed by atoms with Crippen molar-refractivity contribution in [3.8, 4) is 5.75 Å². The number of anilines is 1. The van der Waals surface area contributed by atoms with Gasteiger partial charge in [0.1, 0.15) is 11.6 Å². The average molecular weight is 224 g/mol. The molecule has 4 heteroatoms. The van der Waals surface area contributed by atoms with Crippen molar-refractivity contribution in [2.75, 3.05) is 45.2 Å². The van der Waals surface area contributed by atoms with Crippen molar-refractivity contribution in [2.24, 2.45) is 0 Å². The number of nitrogens with zero attached hydrogens (tertiary/aromatic N) is 2. The van der Waals surface area contributed by atoms with Crippen molar-refractivity contribution in [3.63, 3.8) is 0 Å². The van der Waals surface area contributed by atoms with Crippen molar-refractivity contribution < 1.29 is 9.13 Å². The van der Waals surface area contributed by atoms with Gasteiger partial charge >= 0.3 is 0 Å². The van der Waals surface area contributed by atoms with Crippen LogP contribution in [0.1, 0.15) is 0 Å². The van der Waals surface area contributed by atoms with Crippen LogP contribution >= 0.6 is 0 Å². The first-order valence-corrected chi connectivity index (χ1v) is 5.48. The number of halogens is 1. The predicted molar refractivity (Wildman–Crippen MR) is 62.7 cm³/mol. The standard InChI is InChI=1S/C12H17FN2O/c1-14-5-7-15(8-6-14)11-9-10(13)3-4-12(11)16-2/h3-4,9H,5-8H2,1-2H3. The van der Waals surface area contributed by atoms with Gasteiger partial charge in [-0.1, -0.05) is 0 Å². The van der Waals surface area contributed by atoms with Gasteiger partial charge in [0.2, 0.25) is 0 Å². The first-order chi connectivity index (χ1) is 7.70. The van der Waals surface area contributed by atoms with Gasteiger partial charge in [-0.25, -0.2) is 4.39 Å². The number of rotatable bonds is 2. The number of benzene rings is 1. The molecule has 1 fully saturated rings. The van der Waals surface area contributed by atoms with E-state index in [0.717, 1.165) is 37.6 Å². The van der Waals surface area contributed by atoms with E-state index in [-0.39, 0.29) is 5.82 Å². The predicted octanol–water partition coefficient (Wildman–Crippen LogP) is 1.59. The number of likely N-dealkylation sites (N-methyl/N-ethyl adjacent to an activating group) is 1. The molecule has 88 valence electrons. The lowest BCUT2D eigenvalue weighted by Gasteiger charge is -2.34. The molecule has 3 nitrogen and oxygen atoms in total. The van der Waals surface area contributed by atoms with Gasteiger partial charge in [-0.3, -0.25) is 0 Å². The highest BCUT2D eigenvalue weighted by Crippen LogP contribution is 2.29. The molecule has 1 heterocycles. The van der Waals surface area contributed by atoms with E-state index < -0.39 is 0 Å². The van der Waals surface area contributed by atoms with Gasteiger partial charge < -0.3 is 14.5 Å². The fourth-order valence-electron chi connectivity index (χ4n) is 1.96. The summed E-state index contributed by atoms with van der Waals surface area (Å²) in [5, 5.41) is 0. The summed E-state index contributed by atoms with van der Waals surface area (Å²) in [6.07, 6.45) is 0. The van der Waals surface area contributed by atoms with E-state index in [1.165, 1.54) is 6.07 Å². The van der Waals surface area contributed by atoms with Crippen molar-refractivity contribution in [2.45, 2.75) is 0 Å². The third kappa shape index (κ3) is 2.27. The molecule has 1 aliphatic heterocycles. The number of hydrogen-bond donors (Lipinski definition) is 0. The molecule has 0 aliphatic carbocycles. The SMILES string of the molecule is COc1ccc(F)cc1N1CCN(C)CC1. The summed E-state index contributed by atoms with van der Waals surface area (Å²) in [4.78, 5) is 4.43. The Balaban J connectivity index is 2.21. The van der Waals surface area contributed by atoms with E-state index in [1.54, 1.807) is 19.2 Å². The Kier molecular flexibility index (Phi) is 3.29. The van der Waals surface area contributed by atoms with Crippen LogP contribution in [0.25, 0.3) is 0 Å². The minimum absolute atomic E-state index is 0.213. The molecule has 0 saturated carbocycles. The Bertz CT molecular complexity index is 362. The van der Waals surface area contributed by atoms with Gasteiger partial charge in [0.15, 0.2) is 0 Å². The maximum absolute atomic E-state index is 13.2. The topological polar surface area (TPSA) is 15.7 Å². The molecule has 0 spiro atoms. The van der Waals surface area contributed by atoms with E-state index in [0.29, 0.717) is 0 Å². The number of hydrogen-bond acceptors (Lipinski definition) is 3. The first-order valence-electron chi connectivity index (χ1n) is 5.48. The second-order valence-electron chi connectivity index (χ2n) is 4.11. The maximum atomic E-state index is 13.2. The smallest absolute Gasteiger partial charge is 0.142 e. The van der Waals surface area contributed by atoms with Crippen LogP contribution < -0.4 is 9.64 Å². The summed E-state index contributed by atoms with van der Waals surface area (Å²) in [5.74, 6) is 0.528. The third-order valence-corrected chi connectivity index (χ3v) is 2.98. The molecule has 0 atom stereocenters. The highest BCUT2D eigenvalue weighted by molar-refractivity contribution is 5.59. The van der Waals surface area contributed by atoms with E-state index in [1.807, 2.05) is 0 Å². The third-order valence-electron chi connectivity index (χ3n) is 2.98. The average Bonchev–Trinajstić information content (AvgIpc) is 2.30. The zero-order valence-electron chi connectivity index (χ0n) is 9.74. The molecule has 0 bridgehead atoms. The van der Waals surface area contributed by atoms with Crippen LogP contribution in [0, 0.1) is 5.82 Å². The summed E-state index contributed by atoms with van der Waals surface area (Å²) >= 11 is 0. The van der Waals surface area contributed by atoms with Crippen LogP contribution in [-0.4, -0.2) is 45.2 Å². The molecular weight excluding hydrogens is 207 g/mol. The summed E-state index contributed by atoms with van der Waals surface area (Å²) in [7, 11) is 3.72. The quantitative estimate of drug-likeness (QED) is 0.758. The van der Waals surface area contributed by atoms with Crippen LogP contribution in [-0.2, 0) is 0 Å². The molecule has 1 aromatic rings. The normalized spacial score (nSPS) is 17.6. The van der Waals surface area contributed by atoms with Crippen molar-refractivity contribution in [3.05, 3.63) is 24.0 Å². The lowest BCUT2D eigenvalue weighted by molar-refractivity contribution is 0.311. The second-order valence-corrected chi connectivity index (χ2v) is 4.11. The summed E-state index contributed by atoms with van der Waals surface area (Å²) in [6.45, 7) is 3.83. The largest absolute Gasteiger partial charge is 0.495 e. The van der Waals surface area contributed by atoms with Gasteiger partial charge in [0, 0.05) is 32.2 Å². The van der Waals surface area contributed by atoms with Gasteiger partial charge in [0.25, 0.3) is 0 Å². The lowest BCUT2D eigenvalue weighted by Crippen LogP contribution is -2.44. The van der Waals surface area contributed by atoms with Crippen molar-refractivity contribution in [1.29, 1.82) is 0 Å². The second kappa shape index (κ2) is 4.70. The highest BCUT2D eigenvalue weighted by atomic mass is 19.1. The van der Waals surface area contributed by atoms with Gasteiger partial charge in [-0.15, -0.1) is 0 Å². The minimum Gasteiger partial charge on any atom is -0.495 e. The van der Waals surface area contributed by atoms with Gasteiger partial charge in [-0.05, 0) is 19.2 Å². The minimum atomic E-state index is -0.213. The Morgan fingerprint density at radius 2 is 1.88 bits per heavy atom. The molecule has 1 saturated heterocycles. The maximum Gasteiger partial charge on any atom is 0.142 e. The summed E-state index contributed by atoms with van der Waals surface area (Å²) < 4.78 is 18.5. The molecule has 1 aromatic carbocycles. The van der Waals surface area contributed by atoms with Crippen LogP contribution in [0.4, 0.5) is 10.1 Å². The molecule has 1 aliphatic rings. The van der Waals surface area contributed by atoms with E-state index in [2.05, 4.69) is 16.8 Å².